The largest absolute Gasteiger partial charge is 0.324 e. The summed E-state index contributed by atoms with van der Waals surface area (Å²) in [7, 11) is 0. The van der Waals surface area contributed by atoms with Gasteiger partial charge in [-0.2, -0.15) is 5.10 Å². The summed E-state index contributed by atoms with van der Waals surface area (Å²) in [5.74, 6) is -0.327. The monoisotopic (exact) mass is 451 g/mol. The van der Waals surface area contributed by atoms with Crippen LogP contribution in [-0.2, 0) is 22.7 Å². The van der Waals surface area contributed by atoms with E-state index in [4.69, 9.17) is 5.73 Å². The fourth-order valence-corrected chi connectivity index (χ4v) is 4.87. The molecule has 33 heavy (non-hydrogen) atoms. The van der Waals surface area contributed by atoms with Gasteiger partial charge in [0, 0.05) is 25.4 Å². The number of rotatable bonds is 5. The van der Waals surface area contributed by atoms with Gasteiger partial charge in [-0.1, -0.05) is 6.07 Å². The van der Waals surface area contributed by atoms with Gasteiger partial charge in [0.05, 0.1) is 17.7 Å². The standard InChI is InChI=1S/C22H25N7O4/c23-9-17-24-19(27-26-17)13-2-1-7-28(11-13)10-12-3-4-14-15(8-12)22(33)29(21(14)32)16-5-6-18(30)25-20(16)31/h3-4,8,13,16H,1-2,5-7,9-11,23H2,(H,24,26,27)(H,25,30,31). The number of likely N-dealkylation sites (tertiary alicyclic amines) is 1. The first-order valence-electron chi connectivity index (χ1n) is 11.1. The number of aromatic nitrogens is 3. The summed E-state index contributed by atoms with van der Waals surface area (Å²) >= 11 is 0. The number of carbonyl (C=O) groups is 4. The molecule has 4 heterocycles. The number of carbonyl (C=O) groups excluding carboxylic acids is 4. The molecule has 4 amide bonds. The number of hydrogen-bond donors (Lipinski definition) is 3. The normalized spacial score (nSPS) is 23.7. The highest BCUT2D eigenvalue weighted by molar-refractivity contribution is 6.23. The minimum Gasteiger partial charge on any atom is -0.324 e. The molecule has 1 aromatic heterocycles. The van der Waals surface area contributed by atoms with Crippen LogP contribution in [0.15, 0.2) is 18.2 Å². The van der Waals surface area contributed by atoms with Crippen LogP contribution in [0, 0.1) is 0 Å². The third-order valence-electron chi connectivity index (χ3n) is 6.52. The summed E-state index contributed by atoms with van der Waals surface area (Å²) in [5, 5.41) is 9.37. The number of fused-ring (bicyclic) bond motifs is 1. The smallest absolute Gasteiger partial charge is 0.262 e. The molecule has 11 heteroatoms. The van der Waals surface area contributed by atoms with Crippen molar-refractivity contribution in [3.8, 4) is 0 Å². The van der Waals surface area contributed by atoms with Gasteiger partial charge in [0.1, 0.15) is 11.9 Å². The van der Waals surface area contributed by atoms with Crippen molar-refractivity contribution in [3.05, 3.63) is 46.5 Å². The summed E-state index contributed by atoms with van der Waals surface area (Å²) in [4.78, 5) is 57.3. The van der Waals surface area contributed by atoms with Crippen molar-refractivity contribution >= 4 is 23.6 Å². The maximum absolute atomic E-state index is 13.0. The van der Waals surface area contributed by atoms with Gasteiger partial charge < -0.3 is 5.73 Å². The van der Waals surface area contributed by atoms with Crippen molar-refractivity contribution in [1.82, 2.24) is 30.3 Å². The van der Waals surface area contributed by atoms with Crippen LogP contribution in [0.3, 0.4) is 0 Å². The third kappa shape index (κ3) is 3.93. The van der Waals surface area contributed by atoms with E-state index in [-0.39, 0.29) is 24.7 Å². The van der Waals surface area contributed by atoms with Crippen LogP contribution in [0.4, 0.5) is 0 Å². The lowest BCUT2D eigenvalue weighted by Crippen LogP contribution is -2.54. The number of nitrogens with two attached hydrogens (primary N) is 1. The second kappa shape index (κ2) is 8.49. The molecule has 0 aliphatic carbocycles. The molecular weight excluding hydrogens is 426 g/mol. The number of nitrogens with zero attached hydrogens (tertiary/aromatic N) is 4. The first-order chi connectivity index (χ1) is 15.9. The summed E-state index contributed by atoms with van der Waals surface area (Å²) in [6.45, 7) is 2.64. The highest BCUT2D eigenvalue weighted by atomic mass is 16.2. The first kappa shape index (κ1) is 21.4. The predicted molar refractivity (Wildman–Crippen MR) is 115 cm³/mol. The van der Waals surface area contributed by atoms with Crippen molar-refractivity contribution in [2.45, 2.75) is 50.7 Å². The quantitative estimate of drug-likeness (QED) is 0.539. The van der Waals surface area contributed by atoms with Crippen LogP contribution in [0.25, 0.3) is 0 Å². The zero-order valence-corrected chi connectivity index (χ0v) is 18.0. The lowest BCUT2D eigenvalue weighted by Gasteiger charge is -2.31. The molecule has 2 aromatic rings. The minimum atomic E-state index is -0.957. The molecule has 5 rings (SSSR count). The van der Waals surface area contributed by atoms with Gasteiger partial charge in [0.25, 0.3) is 11.8 Å². The van der Waals surface area contributed by atoms with Crippen LogP contribution in [0.5, 0.6) is 0 Å². The fraction of sp³-hybridized carbons (Fsp3) is 0.455. The van der Waals surface area contributed by atoms with Gasteiger partial charge in [0.15, 0.2) is 5.82 Å². The number of imide groups is 2. The zero-order chi connectivity index (χ0) is 23.1. The summed E-state index contributed by atoms with van der Waals surface area (Å²) in [6, 6.07) is 4.29. The Balaban J connectivity index is 1.30. The van der Waals surface area contributed by atoms with Crippen LogP contribution in [0.2, 0.25) is 0 Å². The zero-order valence-electron chi connectivity index (χ0n) is 18.0. The number of amides is 4. The van der Waals surface area contributed by atoms with E-state index in [1.54, 1.807) is 12.1 Å². The number of hydrogen-bond acceptors (Lipinski definition) is 8. The Kier molecular flexibility index (Phi) is 5.51. The topological polar surface area (TPSA) is 154 Å². The van der Waals surface area contributed by atoms with E-state index < -0.39 is 23.8 Å². The average molecular weight is 451 g/mol. The number of aromatic amines is 1. The van der Waals surface area contributed by atoms with Gasteiger partial charge in [-0.15, -0.1) is 0 Å². The Morgan fingerprint density at radius 2 is 1.91 bits per heavy atom. The van der Waals surface area contributed by atoms with Gasteiger partial charge in [-0.3, -0.25) is 39.4 Å². The second-order valence-electron chi connectivity index (χ2n) is 8.75. The lowest BCUT2D eigenvalue weighted by molar-refractivity contribution is -0.136. The average Bonchev–Trinajstić information content (AvgIpc) is 3.38. The summed E-state index contributed by atoms with van der Waals surface area (Å²) in [6.07, 6.45) is 2.24. The number of nitrogens with one attached hydrogen (secondary N) is 2. The summed E-state index contributed by atoms with van der Waals surface area (Å²) in [5.41, 5.74) is 7.13. The molecule has 2 unspecified atom stereocenters. The minimum absolute atomic E-state index is 0.100. The van der Waals surface area contributed by atoms with Crippen molar-refractivity contribution in [1.29, 1.82) is 0 Å². The van der Waals surface area contributed by atoms with Crippen LogP contribution >= 0.6 is 0 Å². The van der Waals surface area contributed by atoms with Crippen LogP contribution < -0.4 is 11.1 Å². The number of piperidine rings is 2. The summed E-state index contributed by atoms with van der Waals surface area (Å²) < 4.78 is 0. The Morgan fingerprint density at radius 3 is 2.67 bits per heavy atom. The maximum Gasteiger partial charge on any atom is 0.262 e. The molecule has 0 spiro atoms. The third-order valence-corrected chi connectivity index (χ3v) is 6.52. The van der Waals surface area contributed by atoms with E-state index in [1.807, 2.05) is 6.07 Å². The number of benzene rings is 1. The first-order valence-corrected chi connectivity index (χ1v) is 11.1. The molecule has 0 bridgehead atoms. The molecule has 0 radical (unpaired) electrons. The van der Waals surface area contributed by atoms with E-state index in [1.165, 1.54) is 0 Å². The van der Waals surface area contributed by atoms with Gasteiger partial charge >= 0.3 is 0 Å². The molecule has 4 N–H and O–H groups in total. The highest BCUT2D eigenvalue weighted by Gasteiger charge is 2.44. The molecule has 11 nitrogen and oxygen atoms in total. The Bertz CT molecular complexity index is 1140. The van der Waals surface area contributed by atoms with E-state index >= 15 is 0 Å². The molecule has 172 valence electrons. The van der Waals surface area contributed by atoms with Crippen molar-refractivity contribution in [2.24, 2.45) is 5.73 Å². The Labute approximate surface area is 189 Å². The van der Waals surface area contributed by atoms with Gasteiger partial charge in [0.2, 0.25) is 11.8 Å². The maximum atomic E-state index is 13.0. The lowest BCUT2D eigenvalue weighted by atomic mass is 9.96. The van der Waals surface area contributed by atoms with Crippen LogP contribution in [-0.4, -0.2) is 67.7 Å². The van der Waals surface area contributed by atoms with Crippen LogP contribution in [0.1, 0.15) is 69.5 Å². The van der Waals surface area contributed by atoms with E-state index in [9.17, 15) is 19.2 Å². The Morgan fingerprint density at radius 1 is 1.09 bits per heavy atom. The molecule has 2 atom stereocenters. The van der Waals surface area contributed by atoms with E-state index in [2.05, 4.69) is 25.4 Å². The SMILES string of the molecule is NCc1nc(C2CCCN(Cc3ccc4c(c3)C(=O)N(C3CCC(=O)NC3=O)C4=O)C2)n[nH]1. The van der Waals surface area contributed by atoms with Crippen molar-refractivity contribution < 1.29 is 19.2 Å². The molecule has 2 fully saturated rings. The second-order valence-corrected chi connectivity index (χ2v) is 8.75. The molecular formula is C22H25N7O4. The van der Waals surface area contributed by atoms with E-state index in [0.717, 1.165) is 42.2 Å². The molecule has 3 aliphatic rings. The Hall–Kier alpha value is -3.44. The van der Waals surface area contributed by atoms with Crippen molar-refractivity contribution in [3.63, 3.8) is 0 Å². The fourth-order valence-electron chi connectivity index (χ4n) is 4.87. The van der Waals surface area contributed by atoms with Crippen molar-refractivity contribution in [2.75, 3.05) is 13.1 Å². The van der Waals surface area contributed by atoms with Gasteiger partial charge in [-0.05, 0) is 43.5 Å². The predicted octanol–water partition coefficient (Wildman–Crippen LogP) is 0.0442. The highest BCUT2D eigenvalue weighted by Crippen LogP contribution is 2.30. The van der Waals surface area contributed by atoms with Gasteiger partial charge in [-0.25, -0.2) is 4.98 Å². The molecule has 1 aromatic carbocycles. The molecule has 2 saturated heterocycles. The molecule has 3 aliphatic heterocycles. The molecule has 0 saturated carbocycles. The van der Waals surface area contributed by atoms with E-state index in [0.29, 0.717) is 30.0 Å². The number of H-pyrrole nitrogens is 1.